The Morgan fingerprint density at radius 1 is 1.17 bits per heavy atom. The molecule has 1 saturated heterocycles. The smallest absolute Gasteiger partial charge is 0.140 e. The minimum Gasteiger partial charge on any atom is -0.339 e. The predicted octanol–water partition coefficient (Wildman–Crippen LogP) is 4.23. The fourth-order valence-corrected chi connectivity index (χ4v) is 3.90. The Balaban J connectivity index is 1.58. The maximum Gasteiger partial charge on any atom is 0.140 e. The first-order valence-corrected chi connectivity index (χ1v) is 10.3. The van der Waals surface area contributed by atoms with E-state index < -0.39 is 0 Å². The third kappa shape index (κ3) is 4.61. The van der Waals surface area contributed by atoms with Gasteiger partial charge in [-0.1, -0.05) is 12.5 Å². The van der Waals surface area contributed by atoms with Crippen LogP contribution in [0.25, 0.3) is 0 Å². The largest absolute Gasteiger partial charge is 0.339 e. The number of anilines is 2. The van der Waals surface area contributed by atoms with Gasteiger partial charge >= 0.3 is 0 Å². The van der Waals surface area contributed by atoms with Crippen LogP contribution in [0.3, 0.4) is 0 Å². The highest BCUT2D eigenvalue weighted by Crippen LogP contribution is 2.32. The van der Waals surface area contributed by atoms with Gasteiger partial charge in [-0.3, -0.25) is 9.88 Å². The molecule has 3 aromatic heterocycles. The first kappa shape index (κ1) is 19.9. The number of pyridine rings is 2. The Labute approximate surface area is 176 Å². The van der Waals surface area contributed by atoms with Crippen LogP contribution in [0, 0.1) is 25.2 Å². The van der Waals surface area contributed by atoms with Crippen LogP contribution in [0.4, 0.5) is 11.5 Å². The molecule has 0 saturated carbocycles. The summed E-state index contributed by atoms with van der Waals surface area (Å²) in [4.78, 5) is 20.5. The second kappa shape index (κ2) is 8.97. The van der Waals surface area contributed by atoms with Gasteiger partial charge in [0.05, 0.1) is 29.3 Å². The highest BCUT2D eigenvalue weighted by atomic mass is 15.2. The van der Waals surface area contributed by atoms with Gasteiger partial charge in [0.1, 0.15) is 23.4 Å². The van der Waals surface area contributed by atoms with E-state index in [1.54, 1.807) is 12.3 Å². The summed E-state index contributed by atoms with van der Waals surface area (Å²) in [7, 11) is 0. The van der Waals surface area contributed by atoms with Gasteiger partial charge < -0.3 is 5.32 Å². The van der Waals surface area contributed by atoms with E-state index in [1.165, 1.54) is 18.4 Å². The van der Waals surface area contributed by atoms with Gasteiger partial charge in [0.15, 0.2) is 0 Å². The third-order valence-corrected chi connectivity index (χ3v) is 5.43. The molecule has 152 valence electrons. The summed E-state index contributed by atoms with van der Waals surface area (Å²) in [6.07, 6.45) is 6.96. The zero-order chi connectivity index (χ0) is 20.9. The molecule has 0 spiro atoms. The summed E-state index contributed by atoms with van der Waals surface area (Å²) in [5, 5.41) is 12.2. The Morgan fingerprint density at radius 3 is 2.83 bits per heavy atom. The number of rotatable bonds is 5. The van der Waals surface area contributed by atoms with Gasteiger partial charge in [0.25, 0.3) is 0 Å². The van der Waals surface area contributed by atoms with Gasteiger partial charge in [-0.05, 0) is 57.0 Å². The molecule has 0 unspecified atom stereocenters. The van der Waals surface area contributed by atoms with E-state index >= 15 is 0 Å². The predicted molar refractivity (Wildman–Crippen MR) is 115 cm³/mol. The SMILES string of the molecule is Cc1nc(Nc2ccc(C#N)nc2)cc([C@@H]2CCCCN2Cc2ncccc2C)n1. The highest BCUT2D eigenvalue weighted by Gasteiger charge is 2.26. The van der Waals surface area contributed by atoms with Gasteiger partial charge in [0.2, 0.25) is 0 Å². The van der Waals surface area contributed by atoms with Crippen LogP contribution in [-0.4, -0.2) is 31.4 Å². The molecule has 1 fully saturated rings. The lowest BCUT2D eigenvalue weighted by Crippen LogP contribution is -2.34. The summed E-state index contributed by atoms with van der Waals surface area (Å²) >= 11 is 0. The number of piperidine rings is 1. The summed E-state index contributed by atoms with van der Waals surface area (Å²) in [6.45, 7) is 5.89. The molecule has 7 heteroatoms. The lowest BCUT2D eigenvalue weighted by atomic mass is 9.98. The second-order valence-electron chi connectivity index (χ2n) is 7.64. The Morgan fingerprint density at radius 2 is 2.07 bits per heavy atom. The number of nitriles is 1. The van der Waals surface area contributed by atoms with Crippen LogP contribution >= 0.6 is 0 Å². The highest BCUT2D eigenvalue weighted by molar-refractivity contribution is 5.55. The molecule has 4 rings (SSSR count). The van der Waals surface area contributed by atoms with Gasteiger partial charge in [0, 0.05) is 18.8 Å². The van der Waals surface area contributed by atoms with Crippen molar-refractivity contribution in [3.05, 3.63) is 71.2 Å². The molecule has 0 bridgehead atoms. The Hall–Kier alpha value is -3.37. The van der Waals surface area contributed by atoms with Crippen LogP contribution in [0.15, 0.2) is 42.7 Å². The number of aryl methyl sites for hydroxylation is 2. The normalized spacial score (nSPS) is 16.8. The molecule has 0 aromatic carbocycles. The number of aromatic nitrogens is 4. The molecule has 30 heavy (non-hydrogen) atoms. The van der Waals surface area contributed by atoms with Crippen molar-refractivity contribution in [3.8, 4) is 6.07 Å². The van der Waals surface area contributed by atoms with E-state index in [1.807, 2.05) is 37.4 Å². The monoisotopic (exact) mass is 399 g/mol. The standard InChI is InChI=1S/C23H25N7/c1-16-6-5-10-25-21(16)15-30-11-4-3-7-22(30)20-12-23(28-17(2)27-20)29-19-9-8-18(13-24)26-14-19/h5-6,8-10,12,14,22H,3-4,7,11,15H2,1-2H3,(H,27,28,29)/t22-/m0/s1. The number of hydrogen-bond acceptors (Lipinski definition) is 7. The molecule has 1 atom stereocenters. The molecule has 1 aliphatic rings. The van der Waals surface area contributed by atoms with E-state index in [9.17, 15) is 0 Å². The van der Waals surface area contributed by atoms with Crippen LogP contribution in [0.1, 0.15) is 53.8 Å². The Bertz CT molecular complexity index is 1060. The minimum absolute atomic E-state index is 0.237. The van der Waals surface area contributed by atoms with Gasteiger partial charge in [-0.15, -0.1) is 0 Å². The van der Waals surface area contributed by atoms with Gasteiger partial charge in [-0.2, -0.15) is 5.26 Å². The first-order chi connectivity index (χ1) is 14.6. The maximum absolute atomic E-state index is 8.92. The fraction of sp³-hybridized carbons (Fsp3) is 0.348. The van der Waals surface area contributed by atoms with Crippen molar-refractivity contribution >= 4 is 11.5 Å². The molecule has 3 aromatic rings. The number of hydrogen-bond donors (Lipinski definition) is 1. The molecule has 0 radical (unpaired) electrons. The minimum atomic E-state index is 0.237. The number of nitrogens with zero attached hydrogens (tertiary/aromatic N) is 6. The van der Waals surface area contributed by atoms with Crippen LogP contribution < -0.4 is 5.32 Å². The summed E-state index contributed by atoms with van der Waals surface area (Å²) in [5.74, 6) is 1.47. The summed E-state index contributed by atoms with van der Waals surface area (Å²) in [6, 6.07) is 11.9. The number of likely N-dealkylation sites (tertiary alicyclic amines) is 1. The van der Waals surface area contributed by atoms with E-state index in [-0.39, 0.29) is 6.04 Å². The zero-order valence-corrected chi connectivity index (χ0v) is 17.3. The van der Waals surface area contributed by atoms with E-state index in [4.69, 9.17) is 10.2 Å². The van der Waals surface area contributed by atoms with Crippen LogP contribution in [0.5, 0.6) is 0 Å². The average molecular weight is 400 g/mol. The molecule has 0 aliphatic carbocycles. The fourth-order valence-electron chi connectivity index (χ4n) is 3.90. The molecule has 1 N–H and O–H groups in total. The molecule has 0 amide bonds. The van der Waals surface area contributed by atoms with Crippen molar-refractivity contribution < 1.29 is 0 Å². The first-order valence-electron chi connectivity index (χ1n) is 10.3. The zero-order valence-electron chi connectivity index (χ0n) is 17.3. The second-order valence-corrected chi connectivity index (χ2v) is 7.64. The van der Waals surface area contributed by atoms with Gasteiger partial charge in [-0.25, -0.2) is 15.0 Å². The summed E-state index contributed by atoms with van der Waals surface area (Å²) < 4.78 is 0. The molecule has 7 nitrogen and oxygen atoms in total. The molecular weight excluding hydrogens is 374 g/mol. The van der Waals surface area contributed by atoms with Crippen molar-refractivity contribution in [2.24, 2.45) is 0 Å². The lowest BCUT2D eigenvalue weighted by molar-refractivity contribution is 0.135. The lowest BCUT2D eigenvalue weighted by Gasteiger charge is -2.35. The van der Waals surface area contributed by atoms with Crippen molar-refractivity contribution in [3.63, 3.8) is 0 Å². The summed E-state index contributed by atoms with van der Waals surface area (Å²) in [5.41, 5.74) is 4.55. The van der Waals surface area contributed by atoms with Crippen molar-refractivity contribution in [1.29, 1.82) is 5.26 Å². The van der Waals surface area contributed by atoms with Crippen LogP contribution in [-0.2, 0) is 6.54 Å². The number of nitrogens with one attached hydrogen (secondary N) is 1. The van der Waals surface area contributed by atoms with Crippen molar-refractivity contribution in [1.82, 2.24) is 24.8 Å². The van der Waals surface area contributed by atoms with E-state index in [2.05, 4.69) is 38.2 Å². The topological polar surface area (TPSA) is 90.6 Å². The van der Waals surface area contributed by atoms with E-state index in [0.29, 0.717) is 5.69 Å². The Kier molecular flexibility index (Phi) is 5.96. The maximum atomic E-state index is 8.92. The third-order valence-electron chi connectivity index (χ3n) is 5.43. The quantitative estimate of drug-likeness (QED) is 0.686. The van der Waals surface area contributed by atoms with Crippen molar-refractivity contribution in [2.45, 2.75) is 45.7 Å². The molecule has 1 aliphatic heterocycles. The molecule has 4 heterocycles. The van der Waals surface area contributed by atoms with E-state index in [0.717, 1.165) is 48.2 Å². The average Bonchev–Trinajstić information content (AvgIpc) is 2.76. The van der Waals surface area contributed by atoms with Crippen molar-refractivity contribution in [2.75, 3.05) is 11.9 Å². The molecular formula is C23H25N7. The van der Waals surface area contributed by atoms with Crippen LogP contribution in [0.2, 0.25) is 0 Å².